The molecule has 2 aromatic carbocycles. The summed E-state index contributed by atoms with van der Waals surface area (Å²) in [6, 6.07) is 17.5. The van der Waals surface area contributed by atoms with E-state index in [0.717, 1.165) is 23.4 Å². The Bertz CT molecular complexity index is 1030. The molecule has 6 heteroatoms. The van der Waals surface area contributed by atoms with Crippen molar-refractivity contribution in [1.29, 1.82) is 0 Å². The Morgan fingerprint density at radius 3 is 2.69 bits per heavy atom. The number of carbonyl (C=O) groups is 1. The number of benzene rings is 2. The molecule has 1 aliphatic rings. The van der Waals surface area contributed by atoms with E-state index in [4.69, 9.17) is 9.47 Å². The largest absolute Gasteiger partial charge is 0.497 e. The van der Waals surface area contributed by atoms with Crippen molar-refractivity contribution in [3.05, 3.63) is 72.1 Å². The number of hydrogen-bond acceptors (Lipinski definition) is 3. The van der Waals surface area contributed by atoms with Crippen LogP contribution in [0.5, 0.6) is 11.5 Å². The number of ether oxygens (including phenoxy) is 2. The fraction of sp³-hybridized carbons (Fsp3) is 0.261. The van der Waals surface area contributed by atoms with Crippen LogP contribution in [0.4, 0.5) is 10.5 Å². The zero-order valence-electron chi connectivity index (χ0n) is 16.9. The molecule has 0 radical (unpaired) electrons. The monoisotopic (exact) mass is 391 g/mol. The number of para-hydroxylation sites is 1. The summed E-state index contributed by atoms with van der Waals surface area (Å²) >= 11 is 0. The van der Waals surface area contributed by atoms with Gasteiger partial charge in [-0.2, -0.15) is 0 Å². The lowest BCUT2D eigenvalue weighted by molar-refractivity contribution is 0.181. The maximum absolute atomic E-state index is 13.4. The molecule has 0 bridgehead atoms. The number of nitrogens with zero attached hydrogens (tertiary/aromatic N) is 2. The van der Waals surface area contributed by atoms with Gasteiger partial charge >= 0.3 is 6.03 Å². The summed E-state index contributed by atoms with van der Waals surface area (Å²) in [5.41, 5.74) is 3.94. The number of carbonyl (C=O) groups excluding carboxylic acids is 1. The average Bonchev–Trinajstić information content (AvgIpc) is 3.18. The zero-order chi connectivity index (χ0) is 20.4. The highest BCUT2D eigenvalue weighted by atomic mass is 16.5. The molecule has 2 amide bonds. The summed E-state index contributed by atoms with van der Waals surface area (Å²) < 4.78 is 12.9. The van der Waals surface area contributed by atoms with E-state index in [0.29, 0.717) is 23.7 Å². The van der Waals surface area contributed by atoms with Gasteiger partial charge in [-0.05, 0) is 42.3 Å². The van der Waals surface area contributed by atoms with Crippen molar-refractivity contribution in [2.45, 2.75) is 25.9 Å². The summed E-state index contributed by atoms with van der Waals surface area (Å²) in [7, 11) is 3.18. The normalized spacial score (nSPS) is 15.1. The van der Waals surface area contributed by atoms with Gasteiger partial charge in [0.15, 0.2) is 0 Å². The van der Waals surface area contributed by atoms with Crippen molar-refractivity contribution >= 4 is 11.7 Å². The van der Waals surface area contributed by atoms with E-state index in [9.17, 15) is 4.79 Å². The third-order valence-electron chi connectivity index (χ3n) is 5.39. The lowest BCUT2D eigenvalue weighted by Gasteiger charge is -2.30. The standard InChI is InChI=1S/C23H25N3O3/c1-4-19-21-10-7-13-25(21)20-9-6-5-8-16(20)15-26(19)23(27)24-18-12-11-17(28-2)14-22(18)29-3/h5-14,19H,4,15H2,1-3H3,(H,24,27)/t19-/m0/s1. The molecule has 0 spiro atoms. The van der Waals surface area contributed by atoms with Crippen LogP contribution in [-0.4, -0.2) is 29.7 Å². The molecule has 1 N–H and O–H groups in total. The van der Waals surface area contributed by atoms with E-state index < -0.39 is 0 Å². The predicted octanol–water partition coefficient (Wildman–Crippen LogP) is 4.99. The number of urea groups is 1. The minimum atomic E-state index is -0.162. The van der Waals surface area contributed by atoms with Crippen molar-refractivity contribution < 1.29 is 14.3 Å². The Hall–Kier alpha value is -3.41. The molecule has 2 heterocycles. The second kappa shape index (κ2) is 7.91. The fourth-order valence-corrected chi connectivity index (χ4v) is 3.95. The number of fused-ring (bicyclic) bond motifs is 3. The highest BCUT2D eigenvalue weighted by molar-refractivity contribution is 5.91. The van der Waals surface area contributed by atoms with E-state index in [1.165, 1.54) is 0 Å². The van der Waals surface area contributed by atoms with Crippen molar-refractivity contribution in [1.82, 2.24) is 9.47 Å². The van der Waals surface area contributed by atoms with Gasteiger partial charge in [-0.3, -0.25) is 0 Å². The van der Waals surface area contributed by atoms with Gasteiger partial charge in [-0.1, -0.05) is 25.1 Å². The zero-order valence-corrected chi connectivity index (χ0v) is 16.9. The Morgan fingerprint density at radius 1 is 1.10 bits per heavy atom. The van der Waals surface area contributed by atoms with Gasteiger partial charge in [0.05, 0.1) is 38.2 Å². The minimum Gasteiger partial charge on any atom is -0.497 e. The van der Waals surface area contributed by atoms with Crippen molar-refractivity contribution in [2.24, 2.45) is 0 Å². The van der Waals surface area contributed by atoms with Crippen LogP contribution in [0.1, 0.15) is 30.6 Å². The average molecular weight is 391 g/mol. The van der Waals surface area contributed by atoms with Crippen LogP contribution in [0.2, 0.25) is 0 Å². The number of rotatable bonds is 4. The van der Waals surface area contributed by atoms with E-state index in [1.807, 2.05) is 23.1 Å². The Balaban J connectivity index is 1.70. The van der Waals surface area contributed by atoms with Crippen LogP contribution in [0, 0.1) is 0 Å². The first-order valence-electron chi connectivity index (χ1n) is 9.71. The number of amides is 2. The van der Waals surface area contributed by atoms with Gasteiger partial charge in [-0.15, -0.1) is 0 Å². The SMILES string of the molecule is CC[C@H]1c2cccn2-c2ccccc2CN1C(=O)Nc1ccc(OC)cc1OC. The summed E-state index contributed by atoms with van der Waals surface area (Å²) in [5.74, 6) is 1.23. The molecule has 29 heavy (non-hydrogen) atoms. The van der Waals surface area contributed by atoms with Crippen LogP contribution in [0.25, 0.3) is 5.69 Å². The smallest absolute Gasteiger partial charge is 0.322 e. The van der Waals surface area contributed by atoms with E-state index in [1.54, 1.807) is 32.4 Å². The molecule has 0 aliphatic carbocycles. The molecular weight excluding hydrogens is 366 g/mol. The second-order valence-electron chi connectivity index (χ2n) is 6.98. The molecule has 150 valence electrons. The van der Waals surface area contributed by atoms with E-state index in [2.05, 4.69) is 41.2 Å². The molecule has 0 unspecified atom stereocenters. The molecule has 1 atom stereocenters. The first kappa shape index (κ1) is 18.9. The second-order valence-corrected chi connectivity index (χ2v) is 6.98. The maximum atomic E-state index is 13.4. The molecule has 3 aromatic rings. The molecule has 0 saturated heterocycles. The topological polar surface area (TPSA) is 55.7 Å². The van der Waals surface area contributed by atoms with Gasteiger partial charge in [0.2, 0.25) is 0 Å². The molecule has 0 fully saturated rings. The third kappa shape index (κ3) is 3.42. The van der Waals surface area contributed by atoms with Gasteiger partial charge in [-0.25, -0.2) is 4.79 Å². The molecule has 1 aliphatic heterocycles. The maximum Gasteiger partial charge on any atom is 0.322 e. The summed E-state index contributed by atoms with van der Waals surface area (Å²) in [4.78, 5) is 15.3. The van der Waals surface area contributed by atoms with Crippen LogP contribution in [0.3, 0.4) is 0 Å². The van der Waals surface area contributed by atoms with Gasteiger partial charge < -0.3 is 24.3 Å². The number of nitrogens with one attached hydrogen (secondary N) is 1. The van der Waals surface area contributed by atoms with Crippen LogP contribution in [0.15, 0.2) is 60.8 Å². The first-order valence-corrected chi connectivity index (χ1v) is 9.71. The third-order valence-corrected chi connectivity index (χ3v) is 5.39. The van der Waals surface area contributed by atoms with E-state index in [-0.39, 0.29) is 12.1 Å². The summed E-state index contributed by atoms with van der Waals surface area (Å²) in [6.45, 7) is 2.63. The number of methoxy groups -OCH3 is 2. The Labute approximate surface area is 170 Å². The van der Waals surface area contributed by atoms with E-state index >= 15 is 0 Å². The highest BCUT2D eigenvalue weighted by Crippen LogP contribution is 2.35. The molecule has 6 nitrogen and oxygen atoms in total. The van der Waals surface area contributed by atoms with Crippen LogP contribution >= 0.6 is 0 Å². The summed E-state index contributed by atoms with van der Waals surface area (Å²) in [6.07, 6.45) is 2.87. The first-order chi connectivity index (χ1) is 14.2. The molecule has 0 saturated carbocycles. The van der Waals surface area contributed by atoms with Gasteiger partial charge in [0.25, 0.3) is 0 Å². The van der Waals surface area contributed by atoms with Crippen molar-refractivity contribution in [2.75, 3.05) is 19.5 Å². The van der Waals surface area contributed by atoms with Crippen molar-refractivity contribution in [3.8, 4) is 17.2 Å². The number of aromatic nitrogens is 1. The number of hydrogen-bond donors (Lipinski definition) is 1. The Morgan fingerprint density at radius 2 is 1.93 bits per heavy atom. The van der Waals surface area contributed by atoms with Gasteiger partial charge in [0.1, 0.15) is 11.5 Å². The summed E-state index contributed by atoms with van der Waals surface area (Å²) in [5, 5.41) is 3.03. The van der Waals surface area contributed by atoms with Crippen molar-refractivity contribution in [3.63, 3.8) is 0 Å². The lowest BCUT2D eigenvalue weighted by Crippen LogP contribution is -2.37. The van der Waals surface area contributed by atoms with Crippen LogP contribution < -0.4 is 14.8 Å². The molecule has 4 rings (SSSR count). The quantitative estimate of drug-likeness (QED) is 0.681. The molecule has 1 aromatic heterocycles. The van der Waals surface area contributed by atoms with Gasteiger partial charge in [0, 0.05) is 18.0 Å². The highest BCUT2D eigenvalue weighted by Gasteiger charge is 2.30. The lowest BCUT2D eigenvalue weighted by atomic mass is 10.1. The minimum absolute atomic E-state index is 0.0401. The predicted molar refractivity (Wildman–Crippen MR) is 113 cm³/mol. The van der Waals surface area contributed by atoms with Crippen LogP contribution in [-0.2, 0) is 6.54 Å². The fourth-order valence-electron chi connectivity index (χ4n) is 3.95. The number of anilines is 1. The molecular formula is C23H25N3O3. The Kier molecular flexibility index (Phi) is 5.16.